The van der Waals surface area contributed by atoms with Crippen LogP contribution in [0.4, 0.5) is 0 Å². The first kappa shape index (κ1) is 18.9. The van der Waals surface area contributed by atoms with E-state index in [0.29, 0.717) is 12.3 Å². The molecule has 5 nitrogen and oxygen atoms in total. The largest absolute Gasteiger partial charge is 0.356 e. The van der Waals surface area contributed by atoms with Crippen LogP contribution in [0.15, 0.2) is 17.5 Å². The molecule has 0 saturated carbocycles. The summed E-state index contributed by atoms with van der Waals surface area (Å²) in [6.07, 6.45) is 3.36. The molecular formula is C21H31N3O2S. The quantitative estimate of drug-likeness (QED) is 0.860. The summed E-state index contributed by atoms with van der Waals surface area (Å²) in [6, 6.07) is 4.04. The molecular weight excluding hydrogens is 358 g/mol. The Labute approximate surface area is 166 Å². The highest BCUT2D eigenvalue weighted by atomic mass is 32.1. The van der Waals surface area contributed by atoms with Gasteiger partial charge in [0.05, 0.1) is 11.8 Å². The van der Waals surface area contributed by atoms with Gasteiger partial charge in [-0.15, -0.1) is 11.3 Å². The Morgan fingerprint density at radius 3 is 2.63 bits per heavy atom. The van der Waals surface area contributed by atoms with Crippen molar-refractivity contribution in [3.05, 3.63) is 22.4 Å². The van der Waals surface area contributed by atoms with Gasteiger partial charge in [-0.2, -0.15) is 0 Å². The maximum Gasteiger partial charge on any atom is 0.228 e. The lowest BCUT2D eigenvalue weighted by atomic mass is 9.60. The van der Waals surface area contributed by atoms with E-state index in [1.165, 1.54) is 0 Å². The Bertz CT molecular complexity index is 694. The van der Waals surface area contributed by atoms with Crippen LogP contribution in [0.2, 0.25) is 0 Å². The summed E-state index contributed by atoms with van der Waals surface area (Å²) in [4.78, 5) is 31.3. The summed E-state index contributed by atoms with van der Waals surface area (Å²) >= 11 is 1.65. The number of nitrogens with zero attached hydrogens (tertiary/aromatic N) is 2. The molecule has 1 unspecified atom stereocenters. The van der Waals surface area contributed by atoms with E-state index in [0.717, 1.165) is 63.4 Å². The van der Waals surface area contributed by atoms with Gasteiger partial charge >= 0.3 is 0 Å². The molecule has 0 bridgehead atoms. The van der Waals surface area contributed by atoms with Gasteiger partial charge in [0.25, 0.3) is 0 Å². The molecule has 1 atom stereocenters. The molecule has 2 amide bonds. The van der Waals surface area contributed by atoms with Crippen molar-refractivity contribution in [2.45, 2.75) is 39.5 Å². The van der Waals surface area contributed by atoms with E-state index in [9.17, 15) is 9.59 Å². The molecule has 27 heavy (non-hydrogen) atoms. The molecule has 0 radical (unpaired) electrons. The van der Waals surface area contributed by atoms with E-state index in [4.69, 9.17) is 0 Å². The summed E-state index contributed by atoms with van der Waals surface area (Å²) in [7, 11) is 0. The Balaban J connectivity index is 1.47. The second-order valence-corrected chi connectivity index (χ2v) is 10.1. The number of carbonyl (C=O) groups excluding carboxylic acids is 2. The number of piperidine rings is 1. The van der Waals surface area contributed by atoms with E-state index in [1.54, 1.807) is 11.3 Å². The predicted octanol–water partition coefficient (Wildman–Crippen LogP) is 2.38. The molecule has 4 heterocycles. The van der Waals surface area contributed by atoms with Gasteiger partial charge in [-0.3, -0.25) is 9.59 Å². The topological polar surface area (TPSA) is 52.6 Å². The van der Waals surface area contributed by atoms with Gasteiger partial charge in [0.15, 0.2) is 0 Å². The van der Waals surface area contributed by atoms with E-state index in [2.05, 4.69) is 24.1 Å². The maximum absolute atomic E-state index is 12.9. The fourth-order valence-electron chi connectivity index (χ4n) is 5.65. The minimum absolute atomic E-state index is 0.0299. The monoisotopic (exact) mass is 389 g/mol. The van der Waals surface area contributed by atoms with E-state index >= 15 is 0 Å². The van der Waals surface area contributed by atoms with Crippen molar-refractivity contribution in [2.24, 2.45) is 16.7 Å². The molecule has 148 valence electrons. The van der Waals surface area contributed by atoms with E-state index in [-0.39, 0.29) is 22.6 Å². The van der Waals surface area contributed by atoms with Crippen LogP contribution in [0, 0.1) is 16.7 Å². The number of rotatable bonds is 4. The van der Waals surface area contributed by atoms with Crippen molar-refractivity contribution in [3.8, 4) is 0 Å². The zero-order chi connectivity index (χ0) is 19.1. The first-order chi connectivity index (χ1) is 12.9. The first-order valence-electron chi connectivity index (χ1n) is 10.2. The predicted molar refractivity (Wildman–Crippen MR) is 108 cm³/mol. The lowest BCUT2D eigenvalue weighted by Crippen LogP contribution is -2.53. The third-order valence-corrected chi connectivity index (χ3v) is 7.79. The van der Waals surface area contributed by atoms with Crippen LogP contribution in [0.5, 0.6) is 0 Å². The smallest absolute Gasteiger partial charge is 0.228 e. The summed E-state index contributed by atoms with van der Waals surface area (Å²) in [5, 5.41) is 5.14. The standard InChI is InChI=1S/C21H31N3O2S/c1-16(2)13-23-14-20(21(15-23)5-8-22-19(21)26)6-9-24(10-7-20)18(25)12-17-4-3-11-27-17/h3-4,11,16H,5-10,12-15H2,1-2H3,(H,22,26). The number of hydrogen-bond acceptors (Lipinski definition) is 4. The third-order valence-electron chi connectivity index (χ3n) is 6.91. The second kappa shape index (κ2) is 7.21. The number of likely N-dealkylation sites (tertiary alicyclic amines) is 2. The number of fused-ring (bicyclic) bond motifs is 1. The van der Waals surface area contributed by atoms with Crippen LogP contribution in [0.3, 0.4) is 0 Å². The fraction of sp³-hybridized carbons (Fsp3) is 0.714. The molecule has 3 aliphatic rings. The minimum Gasteiger partial charge on any atom is -0.356 e. The molecule has 1 aromatic heterocycles. The normalized spacial score (nSPS) is 27.8. The van der Waals surface area contributed by atoms with Crippen molar-refractivity contribution in [1.82, 2.24) is 15.1 Å². The molecule has 1 aromatic rings. The van der Waals surface area contributed by atoms with Gasteiger partial charge < -0.3 is 15.1 Å². The molecule has 0 aromatic carbocycles. The second-order valence-electron chi connectivity index (χ2n) is 9.07. The minimum atomic E-state index is -0.245. The third kappa shape index (κ3) is 3.31. The van der Waals surface area contributed by atoms with E-state index in [1.807, 2.05) is 22.4 Å². The highest BCUT2D eigenvalue weighted by Crippen LogP contribution is 2.56. The van der Waals surface area contributed by atoms with Gasteiger partial charge in [-0.25, -0.2) is 0 Å². The SMILES string of the molecule is CC(C)CN1CC2(CCN(C(=O)Cc3cccs3)CC2)C2(CCNC2=O)C1. The molecule has 3 saturated heterocycles. The highest BCUT2D eigenvalue weighted by molar-refractivity contribution is 7.10. The molecule has 3 aliphatic heterocycles. The average molecular weight is 390 g/mol. The van der Waals surface area contributed by atoms with E-state index < -0.39 is 0 Å². The highest BCUT2D eigenvalue weighted by Gasteiger charge is 2.63. The number of carbonyl (C=O) groups is 2. The van der Waals surface area contributed by atoms with Gasteiger partial charge in [0, 0.05) is 49.6 Å². The van der Waals surface area contributed by atoms with Crippen molar-refractivity contribution >= 4 is 23.2 Å². The van der Waals surface area contributed by atoms with Crippen molar-refractivity contribution < 1.29 is 9.59 Å². The lowest BCUT2D eigenvalue weighted by Gasteiger charge is -2.46. The Morgan fingerprint density at radius 1 is 1.26 bits per heavy atom. The summed E-state index contributed by atoms with van der Waals surface area (Å²) < 4.78 is 0. The van der Waals surface area contributed by atoms with Crippen molar-refractivity contribution in [1.29, 1.82) is 0 Å². The van der Waals surface area contributed by atoms with Crippen LogP contribution in [-0.4, -0.2) is 60.9 Å². The Kier molecular flexibility index (Phi) is 5.06. The summed E-state index contributed by atoms with van der Waals surface area (Å²) in [5.41, 5.74) is -0.215. The van der Waals surface area contributed by atoms with Crippen LogP contribution < -0.4 is 5.32 Å². The number of amides is 2. The Morgan fingerprint density at radius 2 is 2.04 bits per heavy atom. The van der Waals surface area contributed by atoms with Gasteiger partial charge in [-0.1, -0.05) is 19.9 Å². The molecule has 1 N–H and O–H groups in total. The molecule has 0 aliphatic carbocycles. The number of nitrogens with one attached hydrogen (secondary N) is 1. The number of hydrogen-bond donors (Lipinski definition) is 1. The van der Waals surface area contributed by atoms with Gasteiger partial charge in [-0.05, 0) is 36.6 Å². The molecule has 4 rings (SSSR count). The van der Waals surface area contributed by atoms with Crippen LogP contribution in [0.25, 0.3) is 0 Å². The first-order valence-corrected chi connectivity index (χ1v) is 11.1. The summed E-state index contributed by atoms with van der Waals surface area (Å²) in [6.45, 7) is 9.82. The summed E-state index contributed by atoms with van der Waals surface area (Å²) in [5.74, 6) is 1.09. The van der Waals surface area contributed by atoms with Crippen LogP contribution in [-0.2, 0) is 16.0 Å². The zero-order valence-corrected chi connectivity index (χ0v) is 17.3. The Hall–Kier alpha value is -1.40. The van der Waals surface area contributed by atoms with Crippen molar-refractivity contribution in [3.63, 3.8) is 0 Å². The fourth-order valence-corrected chi connectivity index (χ4v) is 6.35. The maximum atomic E-state index is 12.9. The molecule has 6 heteroatoms. The molecule has 3 fully saturated rings. The van der Waals surface area contributed by atoms with Gasteiger partial charge in [0.1, 0.15) is 0 Å². The van der Waals surface area contributed by atoms with Crippen LogP contribution in [0.1, 0.15) is 38.0 Å². The van der Waals surface area contributed by atoms with Crippen molar-refractivity contribution in [2.75, 3.05) is 39.3 Å². The molecule has 2 spiro atoms. The lowest BCUT2D eigenvalue weighted by molar-refractivity contribution is -0.138. The van der Waals surface area contributed by atoms with Crippen LogP contribution >= 0.6 is 11.3 Å². The average Bonchev–Trinajstić information content (AvgIpc) is 3.31. The zero-order valence-electron chi connectivity index (χ0n) is 16.5. The van der Waals surface area contributed by atoms with Gasteiger partial charge in [0.2, 0.25) is 11.8 Å². The number of thiophene rings is 1.